The van der Waals surface area contributed by atoms with E-state index >= 15 is 0 Å². The smallest absolute Gasteiger partial charge is 0.330 e. The summed E-state index contributed by atoms with van der Waals surface area (Å²) >= 11 is 0. The molecule has 5 heteroatoms. The van der Waals surface area contributed by atoms with Gasteiger partial charge < -0.3 is 26.7 Å². The molecule has 0 saturated heterocycles. The van der Waals surface area contributed by atoms with Crippen LogP contribution in [0.4, 0.5) is 0 Å². The monoisotopic (exact) mass is 531 g/mol. The molecule has 1 N–H and O–H groups in total. The normalized spacial score (nSPS) is 12.6. The van der Waals surface area contributed by atoms with Crippen LogP contribution in [-0.2, 0) is 9.53 Å². The number of hydrogen-bond donors (Lipinski definition) is 1. The molecule has 0 saturated carbocycles. The first-order chi connectivity index (χ1) is 17.0. The summed E-state index contributed by atoms with van der Waals surface area (Å²) in [6.07, 6.45) is 26.0. The SMILES string of the molecule is CC=CC(=O)OCC(O)C[N+](CCCCCCCC)(CCCCCCCC)CCCCCCCC.[Cl-]. The van der Waals surface area contributed by atoms with Crippen molar-refractivity contribution >= 4 is 5.97 Å². The van der Waals surface area contributed by atoms with E-state index in [4.69, 9.17) is 4.74 Å². The summed E-state index contributed by atoms with van der Waals surface area (Å²) in [5.41, 5.74) is 0. The Morgan fingerprint density at radius 3 is 1.42 bits per heavy atom. The van der Waals surface area contributed by atoms with Crippen LogP contribution in [0.5, 0.6) is 0 Å². The molecule has 0 fully saturated rings. The van der Waals surface area contributed by atoms with Crippen molar-refractivity contribution in [2.24, 2.45) is 0 Å². The molecule has 0 spiro atoms. The number of hydrogen-bond acceptors (Lipinski definition) is 3. The number of allylic oxidation sites excluding steroid dienone is 1. The van der Waals surface area contributed by atoms with E-state index in [0.29, 0.717) is 6.54 Å². The summed E-state index contributed by atoms with van der Waals surface area (Å²) in [5.74, 6) is -0.354. The number of rotatable bonds is 26. The van der Waals surface area contributed by atoms with Gasteiger partial charge in [0.25, 0.3) is 0 Å². The van der Waals surface area contributed by atoms with Crippen molar-refractivity contribution in [1.82, 2.24) is 0 Å². The van der Waals surface area contributed by atoms with Crippen molar-refractivity contribution < 1.29 is 31.5 Å². The summed E-state index contributed by atoms with van der Waals surface area (Å²) < 4.78 is 6.31. The Bertz CT molecular complexity index is 457. The number of ether oxygens (including phenoxy) is 1. The molecule has 0 radical (unpaired) electrons. The van der Waals surface area contributed by atoms with Crippen LogP contribution >= 0.6 is 0 Å². The fraction of sp³-hybridized carbons (Fsp3) is 0.903. The van der Waals surface area contributed by atoms with Gasteiger partial charge in [0.1, 0.15) is 19.3 Å². The second kappa shape index (κ2) is 27.5. The van der Waals surface area contributed by atoms with Gasteiger partial charge in [-0.1, -0.05) is 104 Å². The highest BCUT2D eigenvalue weighted by molar-refractivity contribution is 5.81. The van der Waals surface area contributed by atoms with Crippen LogP contribution in [0.25, 0.3) is 0 Å². The first kappa shape index (κ1) is 37.6. The van der Waals surface area contributed by atoms with Crippen LogP contribution in [0.3, 0.4) is 0 Å². The number of carbonyl (C=O) groups excluding carboxylic acids is 1. The van der Waals surface area contributed by atoms with Crippen LogP contribution in [0.1, 0.15) is 143 Å². The molecule has 0 aromatic rings. The van der Waals surface area contributed by atoms with Gasteiger partial charge in [0, 0.05) is 6.08 Å². The Labute approximate surface area is 231 Å². The van der Waals surface area contributed by atoms with Crippen LogP contribution < -0.4 is 12.4 Å². The number of esters is 1. The highest BCUT2D eigenvalue weighted by atomic mass is 35.5. The lowest BCUT2D eigenvalue weighted by atomic mass is 10.1. The molecule has 0 aromatic carbocycles. The highest BCUT2D eigenvalue weighted by Crippen LogP contribution is 2.20. The molecule has 36 heavy (non-hydrogen) atoms. The molecular formula is C31H62ClNO3. The van der Waals surface area contributed by atoms with Crippen molar-refractivity contribution in [2.45, 2.75) is 149 Å². The lowest BCUT2D eigenvalue weighted by molar-refractivity contribution is -0.931. The summed E-state index contributed by atoms with van der Waals surface area (Å²) in [6.45, 7) is 12.9. The molecule has 0 aliphatic rings. The second-order valence-corrected chi connectivity index (χ2v) is 10.8. The maximum absolute atomic E-state index is 11.8. The van der Waals surface area contributed by atoms with Crippen molar-refractivity contribution in [3.05, 3.63) is 12.2 Å². The Hall–Kier alpha value is -0.580. The third kappa shape index (κ3) is 22.6. The van der Waals surface area contributed by atoms with E-state index in [-0.39, 0.29) is 25.0 Å². The molecule has 4 nitrogen and oxygen atoms in total. The Kier molecular flexibility index (Phi) is 28.7. The molecule has 0 rings (SSSR count). The molecular weight excluding hydrogens is 470 g/mol. The Morgan fingerprint density at radius 2 is 1.06 bits per heavy atom. The summed E-state index contributed by atoms with van der Waals surface area (Å²) in [6, 6.07) is 0. The van der Waals surface area contributed by atoms with Crippen molar-refractivity contribution in [2.75, 3.05) is 32.8 Å². The molecule has 1 unspecified atom stereocenters. The minimum Gasteiger partial charge on any atom is -1.00 e. The topological polar surface area (TPSA) is 46.5 Å². The van der Waals surface area contributed by atoms with Gasteiger partial charge in [0.05, 0.1) is 19.6 Å². The number of aliphatic hydroxyl groups is 1. The Balaban J connectivity index is 0. The minimum absolute atomic E-state index is 0. The van der Waals surface area contributed by atoms with Gasteiger partial charge >= 0.3 is 5.97 Å². The highest BCUT2D eigenvalue weighted by Gasteiger charge is 2.30. The van der Waals surface area contributed by atoms with Crippen LogP contribution in [0, 0.1) is 0 Å². The quantitative estimate of drug-likeness (QED) is 0.0706. The molecule has 0 aliphatic heterocycles. The molecule has 0 bridgehead atoms. The fourth-order valence-corrected chi connectivity index (χ4v) is 5.15. The van der Waals surface area contributed by atoms with Crippen LogP contribution in [0.15, 0.2) is 12.2 Å². The predicted molar refractivity (Wildman–Crippen MR) is 152 cm³/mol. The van der Waals surface area contributed by atoms with E-state index in [1.807, 2.05) is 0 Å². The maximum atomic E-state index is 11.8. The number of quaternary nitrogens is 1. The molecule has 0 amide bonds. The first-order valence-electron chi connectivity index (χ1n) is 15.4. The average Bonchev–Trinajstić information content (AvgIpc) is 2.84. The fourth-order valence-electron chi connectivity index (χ4n) is 5.15. The molecule has 0 aliphatic carbocycles. The molecule has 0 aromatic heterocycles. The standard InChI is InChI=1S/C31H62NO3.ClH/c1-5-9-12-15-18-21-25-32(26-22-19-16-13-10-6-2,27-23-20-17-14-11-7-3)28-30(33)29-35-31(34)24-8-4;/h8,24,30,33H,5-7,9-23,25-29H2,1-4H3;1H/q+1;/p-1. The van der Waals surface area contributed by atoms with Gasteiger partial charge in [-0.25, -0.2) is 4.79 Å². The van der Waals surface area contributed by atoms with Crippen molar-refractivity contribution in [3.8, 4) is 0 Å². The lowest BCUT2D eigenvalue weighted by Crippen LogP contribution is -3.00. The van der Waals surface area contributed by atoms with E-state index in [1.54, 1.807) is 13.0 Å². The van der Waals surface area contributed by atoms with Gasteiger partial charge in [-0.15, -0.1) is 0 Å². The van der Waals surface area contributed by atoms with Gasteiger partial charge in [0.2, 0.25) is 0 Å². The van der Waals surface area contributed by atoms with E-state index < -0.39 is 6.10 Å². The van der Waals surface area contributed by atoms with E-state index in [0.717, 1.165) is 24.1 Å². The lowest BCUT2D eigenvalue weighted by Gasteiger charge is -2.40. The number of halogens is 1. The molecule has 1 atom stereocenters. The van der Waals surface area contributed by atoms with Crippen LogP contribution in [-0.4, -0.2) is 54.4 Å². The van der Waals surface area contributed by atoms with Crippen molar-refractivity contribution in [1.29, 1.82) is 0 Å². The van der Waals surface area contributed by atoms with E-state index in [1.165, 1.54) is 122 Å². The van der Waals surface area contributed by atoms with Crippen molar-refractivity contribution in [3.63, 3.8) is 0 Å². The summed E-state index contributed by atoms with van der Waals surface area (Å²) in [5, 5.41) is 10.9. The average molecular weight is 532 g/mol. The zero-order valence-electron chi connectivity index (χ0n) is 24.6. The minimum atomic E-state index is -0.593. The third-order valence-electron chi connectivity index (χ3n) is 7.28. The first-order valence-corrected chi connectivity index (χ1v) is 15.4. The van der Waals surface area contributed by atoms with Gasteiger partial charge in [0.15, 0.2) is 0 Å². The summed E-state index contributed by atoms with van der Waals surface area (Å²) in [7, 11) is 0. The van der Waals surface area contributed by atoms with Crippen LogP contribution in [0.2, 0.25) is 0 Å². The largest absolute Gasteiger partial charge is 1.00 e. The van der Waals surface area contributed by atoms with Gasteiger partial charge in [-0.3, -0.25) is 0 Å². The van der Waals surface area contributed by atoms with Gasteiger partial charge in [-0.2, -0.15) is 0 Å². The zero-order valence-corrected chi connectivity index (χ0v) is 25.3. The zero-order chi connectivity index (χ0) is 26.0. The van der Waals surface area contributed by atoms with Gasteiger partial charge in [-0.05, 0) is 45.4 Å². The third-order valence-corrected chi connectivity index (χ3v) is 7.28. The second-order valence-electron chi connectivity index (χ2n) is 10.8. The number of nitrogens with zero attached hydrogens (tertiary/aromatic N) is 1. The molecule has 0 heterocycles. The predicted octanol–water partition coefficient (Wildman–Crippen LogP) is 5.37. The Morgan fingerprint density at radius 1 is 0.694 bits per heavy atom. The number of carbonyl (C=O) groups is 1. The van der Waals surface area contributed by atoms with E-state index in [2.05, 4.69) is 20.8 Å². The van der Waals surface area contributed by atoms with E-state index in [9.17, 15) is 9.90 Å². The summed E-state index contributed by atoms with van der Waals surface area (Å²) in [4.78, 5) is 11.8. The maximum Gasteiger partial charge on any atom is 0.330 e. The number of unbranched alkanes of at least 4 members (excludes halogenated alkanes) is 15. The number of aliphatic hydroxyl groups excluding tert-OH is 1. The molecule has 216 valence electrons.